The molecule has 1 amide bonds. The molecule has 0 fully saturated rings. The van der Waals surface area contributed by atoms with Gasteiger partial charge in [0, 0.05) is 11.4 Å². The molecule has 1 aliphatic heterocycles. The van der Waals surface area contributed by atoms with Gasteiger partial charge >= 0.3 is 0 Å². The van der Waals surface area contributed by atoms with Gasteiger partial charge in [-0.05, 0) is 30.3 Å². The molecule has 0 saturated carbocycles. The topological polar surface area (TPSA) is 50.7 Å². The van der Waals surface area contributed by atoms with Gasteiger partial charge in [-0.25, -0.2) is 4.39 Å². The first-order valence-electron chi connectivity index (χ1n) is 6.88. The smallest absolute Gasteiger partial charge is 0.268 e. The van der Waals surface area contributed by atoms with Gasteiger partial charge in [0.15, 0.2) is 0 Å². The molecule has 0 bridgehead atoms. The van der Waals surface area contributed by atoms with E-state index < -0.39 is 17.8 Å². The summed E-state index contributed by atoms with van der Waals surface area (Å²) in [6.45, 7) is 0. The van der Waals surface area contributed by atoms with Crippen LogP contribution in [-0.2, 0) is 9.63 Å². The number of hydrogen-bond donors (Lipinski definition) is 1. The highest BCUT2D eigenvalue weighted by molar-refractivity contribution is 6.37. The average Bonchev–Trinajstić information content (AvgIpc) is 2.99. The summed E-state index contributed by atoms with van der Waals surface area (Å²) in [7, 11) is 0. The highest BCUT2D eigenvalue weighted by Crippen LogP contribution is 2.28. The Morgan fingerprint density at radius 3 is 2.71 bits per heavy atom. The number of carbonyl (C=O) groups excluding carboxylic acids is 1. The van der Waals surface area contributed by atoms with Crippen LogP contribution in [0.15, 0.2) is 41.6 Å². The van der Waals surface area contributed by atoms with Crippen molar-refractivity contribution in [3.63, 3.8) is 0 Å². The van der Waals surface area contributed by atoms with Crippen LogP contribution >= 0.6 is 34.8 Å². The Kier molecular flexibility index (Phi) is 4.94. The van der Waals surface area contributed by atoms with Crippen LogP contribution in [0.3, 0.4) is 0 Å². The van der Waals surface area contributed by atoms with Gasteiger partial charge in [0.25, 0.3) is 5.91 Å². The van der Waals surface area contributed by atoms with Crippen molar-refractivity contribution < 1.29 is 14.0 Å². The lowest BCUT2D eigenvalue weighted by atomic mass is 10.0. The summed E-state index contributed by atoms with van der Waals surface area (Å²) >= 11 is 17.8. The fraction of sp³-hybridized carbons (Fsp3) is 0.125. The van der Waals surface area contributed by atoms with E-state index in [1.165, 1.54) is 18.2 Å². The van der Waals surface area contributed by atoms with Crippen LogP contribution in [0.1, 0.15) is 12.0 Å². The third-order valence-corrected chi connectivity index (χ3v) is 4.26. The normalized spacial score (nSPS) is 16.5. The second-order valence-electron chi connectivity index (χ2n) is 5.05. The molecule has 3 rings (SSSR count). The number of halogens is 4. The van der Waals surface area contributed by atoms with E-state index in [1.54, 1.807) is 18.2 Å². The molecule has 1 aliphatic rings. The largest absolute Gasteiger partial charge is 0.382 e. The second-order valence-corrected chi connectivity index (χ2v) is 6.30. The van der Waals surface area contributed by atoms with Crippen molar-refractivity contribution >= 4 is 52.1 Å². The lowest BCUT2D eigenvalue weighted by molar-refractivity contribution is -0.125. The van der Waals surface area contributed by atoms with Crippen LogP contribution in [0.4, 0.5) is 10.1 Å². The monoisotopic (exact) mass is 386 g/mol. The van der Waals surface area contributed by atoms with Crippen molar-refractivity contribution in [2.75, 3.05) is 5.32 Å². The summed E-state index contributed by atoms with van der Waals surface area (Å²) in [5, 5.41) is 7.37. The predicted molar refractivity (Wildman–Crippen MR) is 92.5 cm³/mol. The van der Waals surface area contributed by atoms with E-state index in [0.717, 1.165) is 0 Å². The minimum Gasteiger partial charge on any atom is -0.382 e. The summed E-state index contributed by atoms with van der Waals surface area (Å²) in [6.07, 6.45) is -0.806. The maximum atomic E-state index is 13.9. The fourth-order valence-electron chi connectivity index (χ4n) is 2.24. The number of nitrogens with zero attached hydrogens (tertiary/aromatic N) is 1. The van der Waals surface area contributed by atoms with Gasteiger partial charge in [0.2, 0.25) is 6.10 Å². The van der Waals surface area contributed by atoms with Crippen LogP contribution in [-0.4, -0.2) is 17.7 Å². The number of hydrogen-bond acceptors (Lipinski definition) is 3. The first-order chi connectivity index (χ1) is 11.5. The molecule has 0 spiro atoms. The molecular weight excluding hydrogens is 378 g/mol. The van der Waals surface area contributed by atoms with E-state index in [2.05, 4.69) is 10.5 Å². The molecule has 2 aromatic rings. The maximum absolute atomic E-state index is 13.9. The summed E-state index contributed by atoms with van der Waals surface area (Å²) in [6, 6.07) is 8.99. The Morgan fingerprint density at radius 2 is 2.00 bits per heavy atom. The zero-order valence-corrected chi connectivity index (χ0v) is 14.3. The van der Waals surface area contributed by atoms with Crippen molar-refractivity contribution in [1.29, 1.82) is 0 Å². The summed E-state index contributed by atoms with van der Waals surface area (Å²) in [5.74, 6) is -0.975. The number of benzene rings is 2. The van der Waals surface area contributed by atoms with Gasteiger partial charge in [-0.15, -0.1) is 0 Å². The number of carbonyl (C=O) groups is 1. The standard InChI is InChI=1S/C16H10Cl3FN2O2/c17-8-4-5-12(10(19)6-8)21-16(23)14-7-13(22-24-14)15-9(18)2-1-3-11(15)20/h1-6,14H,7H2,(H,21,23)/t14-/m0/s1. The highest BCUT2D eigenvalue weighted by atomic mass is 35.5. The third-order valence-electron chi connectivity index (χ3n) is 3.40. The molecule has 0 aliphatic carbocycles. The molecular formula is C16H10Cl3FN2O2. The van der Waals surface area contributed by atoms with Crippen LogP contribution in [0.25, 0.3) is 0 Å². The van der Waals surface area contributed by atoms with E-state index in [4.69, 9.17) is 39.6 Å². The van der Waals surface area contributed by atoms with Gasteiger partial charge in [-0.3, -0.25) is 4.79 Å². The molecule has 0 unspecified atom stereocenters. The van der Waals surface area contributed by atoms with Crippen LogP contribution in [0.2, 0.25) is 15.1 Å². The zero-order chi connectivity index (χ0) is 17.3. The number of oxime groups is 1. The van der Waals surface area contributed by atoms with E-state index in [1.807, 2.05) is 0 Å². The Balaban J connectivity index is 1.71. The first kappa shape index (κ1) is 17.0. The Labute approximate surface area is 152 Å². The number of nitrogens with one attached hydrogen (secondary N) is 1. The van der Waals surface area contributed by atoms with Gasteiger partial charge < -0.3 is 10.2 Å². The van der Waals surface area contributed by atoms with Gasteiger partial charge in [0.1, 0.15) is 5.82 Å². The van der Waals surface area contributed by atoms with Crippen molar-refractivity contribution in [3.05, 3.63) is 62.8 Å². The summed E-state index contributed by atoms with van der Waals surface area (Å²) in [4.78, 5) is 17.4. The van der Waals surface area contributed by atoms with E-state index in [9.17, 15) is 9.18 Å². The van der Waals surface area contributed by atoms with E-state index >= 15 is 0 Å². The zero-order valence-electron chi connectivity index (χ0n) is 12.0. The van der Waals surface area contributed by atoms with Gasteiger partial charge in [-0.1, -0.05) is 46.0 Å². The Morgan fingerprint density at radius 1 is 1.21 bits per heavy atom. The van der Waals surface area contributed by atoms with Crippen molar-refractivity contribution in [1.82, 2.24) is 0 Å². The van der Waals surface area contributed by atoms with E-state index in [0.29, 0.717) is 15.7 Å². The predicted octanol–water partition coefficient (Wildman–Crippen LogP) is 4.92. The minimum absolute atomic E-state index is 0.0949. The maximum Gasteiger partial charge on any atom is 0.268 e. The second kappa shape index (κ2) is 6.97. The summed E-state index contributed by atoms with van der Waals surface area (Å²) < 4.78 is 13.9. The fourth-order valence-corrected chi connectivity index (χ4v) is 2.97. The lowest BCUT2D eigenvalue weighted by Gasteiger charge is -2.11. The molecule has 0 radical (unpaired) electrons. The molecule has 4 nitrogen and oxygen atoms in total. The van der Waals surface area contributed by atoms with E-state index in [-0.39, 0.29) is 22.7 Å². The van der Waals surface area contributed by atoms with Crippen LogP contribution in [0, 0.1) is 5.82 Å². The quantitative estimate of drug-likeness (QED) is 0.813. The Bertz CT molecular complexity index is 822. The van der Waals surface area contributed by atoms with Gasteiger partial charge in [-0.2, -0.15) is 0 Å². The van der Waals surface area contributed by atoms with Crippen molar-refractivity contribution in [2.45, 2.75) is 12.5 Å². The highest BCUT2D eigenvalue weighted by Gasteiger charge is 2.31. The molecule has 2 aromatic carbocycles. The first-order valence-corrected chi connectivity index (χ1v) is 8.02. The molecule has 124 valence electrons. The van der Waals surface area contributed by atoms with Crippen molar-refractivity contribution in [3.8, 4) is 0 Å². The minimum atomic E-state index is -0.901. The molecule has 8 heteroatoms. The van der Waals surface area contributed by atoms with Crippen LogP contribution in [0.5, 0.6) is 0 Å². The summed E-state index contributed by atoms with van der Waals surface area (Å²) in [5.41, 5.74) is 0.812. The molecule has 1 heterocycles. The molecule has 0 saturated heterocycles. The average molecular weight is 388 g/mol. The molecule has 1 N–H and O–H groups in total. The number of anilines is 1. The Hall–Kier alpha value is -1.82. The molecule has 1 atom stereocenters. The van der Waals surface area contributed by atoms with Gasteiger partial charge in [0.05, 0.1) is 27.0 Å². The lowest BCUT2D eigenvalue weighted by Crippen LogP contribution is -2.28. The number of rotatable bonds is 3. The SMILES string of the molecule is O=C(Nc1ccc(Cl)cc1Cl)[C@@H]1CC(c2c(F)cccc2Cl)=NO1. The van der Waals surface area contributed by atoms with Crippen LogP contribution < -0.4 is 5.32 Å². The molecule has 24 heavy (non-hydrogen) atoms. The number of amides is 1. The molecule has 0 aromatic heterocycles. The third kappa shape index (κ3) is 3.48. The van der Waals surface area contributed by atoms with Crippen molar-refractivity contribution in [2.24, 2.45) is 5.16 Å².